The fraction of sp³-hybridized carbons (Fsp3) is 0.649. The summed E-state index contributed by atoms with van der Waals surface area (Å²) in [6, 6.07) is 0. The Morgan fingerprint density at radius 3 is 0.759 bits per heavy atom. The molecule has 0 aromatic carbocycles. The molecule has 1 unspecified atom stereocenters. The number of rotatable bonds is 61. The zero-order chi connectivity index (χ0) is 59.9. The van der Waals surface area contributed by atoms with Crippen LogP contribution in [0.5, 0.6) is 0 Å². The van der Waals surface area contributed by atoms with Gasteiger partial charge in [-0.05, 0) is 122 Å². The smallest absolute Gasteiger partial charge is 0.306 e. The molecule has 0 heterocycles. The first-order valence-electron chi connectivity index (χ1n) is 34.3. The van der Waals surface area contributed by atoms with E-state index in [-0.39, 0.29) is 37.5 Å². The summed E-state index contributed by atoms with van der Waals surface area (Å²) in [6.45, 7) is 6.38. The Labute approximate surface area is 512 Å². The summed E-state index contributed by atoms with van der Waals surface area (Å²) in [5.74, 6) is -0.970. The normalized spacial score (nSPS) is 13.0. The van der Waals surface area contributed by atoms with E-state index >= 15 is 0 Å². The lowest BCUT2D eigenvalue weighted by Crippen LogP contribution is -2.30. The van der Waals surface area contributed by atoms with Crippen molar-refractivity contribution in [3.8, 4) is 0 Å². The van der Waals surface area contributed by atoms with Crippen molar-refractivity contribution in [3.05, 3.63) is 146 Å². The molecule has 83 heavy (non-hydrogen) atoms. The maximum atomic E-state index is 12.9. The highest BCUT2D eigenvalue weighted by Crippen LogP contribution is 2.16. The van der Waals surface area contributed by atoms with Crippen molar-refractivity contribution < 1.29 is 28.6 Å². The molecule has 0 aliphatic rings. The lowest BCUT2D eigenvalue weighted by Gasteiger charge is -2.18. The number of ether oxygens (including phenoxy) is 3. The number of hydrogen-bond acceptors (Lipinski definition) is 6. The van der Waals surface area contributed by atoms with Gasteiger partial charge < -0.3 is 14.2 Å². The van der Waals surface area contributed by atoms with Crippen molar-refractivity contribution in [1.29, 1.82) is 0 Å². The Balaban J connectivity index is 4.52. The second kappa shape index (κ2) is 69.8. The fourth-order valence-corrected chi connectivity index (χ4v) is 9.27. The fourth-order valence-electron chi connectivity index (χ4n) is 9.27. The van der Waals surface area contributed by atoms with Crippen LogP contribution in [0.15, 0.2) is 146 Å². The van der Waals surface area contributed by atoms with E-state index in [1.807, 2.05) is 0 Å². The zero-order valence-corrected chi connectivity index (χ0v) is 53.9. The standard InChI is InChI=1S/C77H126O6/c1-4-7-10-13-16-19-22-25-28-31-34-37-38-41-43-46-49-52-55-58-61-64-67-70-76(79)82-73-74(83-77(80)71-68-65-62-59-56-53-50-47-44-40-36-33-30-27-24-21-18-15-12-9-6-3)72-81-75(78)69-66-63-60-57-54-51-48-45-42-39-35-32-29-26-23-20-17-14-11-8-5-2/h7,9-10,12,16,18-19,21,25,27-28,30,34,36-37,40-41,43,47,49-50,52,56,59,74H,4-6,8,11,13-15,17,20,22-24,26,29,31-33,35,38-39,42,44-46,48,51,53-55,57-58,60-73H2,1-3H3/b10-7-,12-9-,19-16-,21-18-,28-25-,30-27-,37-34-,40-36-,43-41-,50-47-,52-49-,59-56-. The summed E-state index contributed by atoms with van der Waals surface area (Å²) < 4.78 is 16.9. The number of carbonyl (C=O) groups is 3. The van der Waals surface area contributed by atoms with E-state index in [2.05, 4.69) is 167 Å². The van der Waals surface area contributed by atoms with Crippen LogP contribution in [0.1, 0.15) is 303 Å². The third-order valence-electron chi connectivity index (χ3n) is 14.3. The van der Waals surface area contributed by atoms with Gasteiger partial charge in [0.2, 0.25) is 0 Å². The van der Waals surface area contributed by atoms with Crippen molar-refractivity contribution in [2.75, 3.05) is 13.2 Å². The molecular weight excluding hydrogens is 1020 g/mol. The van der Waals surface area contributed by atoms with Crippen LogP contribution in [0.4, 0.5) is 0 Å². The lowest BCUT2D eigenvalue weighted by molar-refractivity contribution is -0.167. The van der Waals surface area contributed by atoms with Gasteiger partial charge in [-0.2, -0.15) is 0 Å². The maximum Gasteiger partial charge on any atom is 0.306 e. The Hall–Kier alpha value is -4.71. The number of hydrogen-bond donors (Lipinski definition) is 0. The minimum absolute atomic E-state index is 0.107. The van der Waals surface area contributed by atoms with Gasteiger partial charge in [0.1, 0.15) is 13.2 Å². The summed E-state index contributed by atoms with van der Waals surface area (Å²) >= 11 is 0. The SMILES string of the molecule is CC/C=C\C/C=C\C/C=C\C/C=C\C/C=C\C/C=C\CCCCCCC(=O)OCC(COC(=O)CCCCCCCCCCCCCCCCCCCCCCC)OC(=O)CCCC/C=C\C/C=C\C/C=C\C/C=C\C/C=C\C/C=C\CC. The van der Waals surface area contributed by atoms with Crippen LogP contribution < -0.4 is 0 Å². The van der Waals surface area contributed by atoms with Crippen LogP contribution in [0.25, 0.3) is 0 Å². The van der Waals surface area contributed by atoms with Gasteiger partial charge in [0.25, 0.3) is 0 Å². The minimum Gasteiger partial charge on any atom is -0.462 e. The zero-order valence-electron chi connectivity index (χ0n) is 53.9. The first kappa shape index (κ1) is 78.3. The number of unbranched alkanes of at least 4 members (excludes halogenated alkanes) is 26. The first-order valence-corrected chi connectivity index (χ1v) is 34.3. The van der Waals surface area contributed by atoms with Crippen molar-refractivity contribution in [1.82, 2.24) is 0 Å². The van der Waals surface area contributed by atoms with Crippen LogP contribution >= 0.6 is 0 Å². The van der Waals surface area contributed by atoms with E-state index < -0.39 is 6.10 Å². The van der Waals surface area contributed by atoms with Crippen LogP contribution in [0.3, 0.4) is 0 Å². The molecule has 0 fully saturated rings. The van der Waals surface area contributed by atoms with E-state index in [0.717, 1.165) is 141 Å². The van der Waals surface area contributed by atoms with Gasteiger partial charge in [-0.15, -0.1) is 0 Å². The third kappa shape index (κ3) is 68.0. The van der Waals surface area contributed by atoms with Crippen molar-refractivity contribution >= 4 is 17.9 Å². The van der Waals surface area contributed by atoms with E-state index in [1.165, 1.54) is 116 Å². The Morgan fingerprint density at radius 1 is 0.253 bits per heavy atom. The summed E-state index contributed by atoms with van der Waals surface area (Å²) in [6.07, 6.45) is 100. The number of esters is 3. The molecule has 0 bridgehead atoms. The second-order valence-electron chi connectivity index (χ2n) is 22.3. The van der Waals surface area contributed by atoms with E-state index in [0.29, 0.717) is 19.3 Å². The average molecular weight is 1150 g/mol. The predicted molar refractivity (Wildman–Crippen MR) is 362 cm³/mol. The molecule has 0 aliphatic heterocycles. The molecule has 470 valence electrons. The molecule has 1 atom stereocenters. The predicted octanol–water partition coefficient (Wildman–Crippen LogP) is 23.9. The molecule has 0 aromatic heterocycles. The summed E-state index contributed by atoms with van der Waals surface area (Å²) in [4.78, 5) is 38.5. The van der Waals surface area contributed by atoms with Crippen molar-refractivity contribution in [2.45, 2.75) is 309 Å². The quantitative estimate of drug-likeness (QED) is 0.0261. The molecule has 0 saturated carbocycles. The van der Waals surface area contributed by atoms with Gasteiger partial charge in [0.05, 0.1) is 0 Å². The largest absolute Gasteiger partial charge is 0.462 e. The highest BCUT2D eigenvalue weighted by Gasteiger charge is 2.19. The molecule has 0 spiro atoms. The van der Waals surface area contributed by atoms with E-state index in [4.69, 9.17) is 14.2 Å². The van der Waals surface area contributed by atoms with Gasteiger partial charge in [0.15, 0.2) is 6.10 Å². The van der Waals surface area contributed by atoms with Gasteiger partial charge in [-0.25, -0.2) is 0 Å². The molecule has 0 radical (unpaired) electrons. The lowest BCUT2D eigenvalue weighted by atomic mass is 10.0. The summed E-state index contributed by atoms with van der Waals surface area (Å²) in [5.41, 5.74) is 0. The van der Waals surface area contributed by atoms with Crippen LogP contribution in [0, 0.1) is 0 Å². The molecule has 6 nitrogen and oxygen atoms in total. The highest BCUT2D eigenvalue weighted by atomic mass is 16.6. The topological polar surface area (TPSA) is 78.9 Å². The Morgan fingerprint density at radius 2 is 0.470 bits per heavy atom. The number of allylic oxidation sites excluding steroid dienone is 24. The molecular formula is C77H126O6. The number of carbonyl (C=O) groups excluding carboxylic acids is 3. The molecule has 0 saturated heterocycles. The van der Waals surface area contributed by atoms with E-state index in [1.54, 1.807) is 0 Å². The van der Waals surface area contributed by atoms with Crippen LogP contribution in [-0.2, 0) is 28.6 Å². The molecule has 0 N–H and O–H groups in total. The molecule has 0 aromatic rings. The second-order valence-corrected chi connectivity index (χ2v) is 22.3. The highest BCUT2D eigenvalue weighted by molar-refractivity contribution is 5.71. The molecule has 6 heteroatoms. The van der Waals surface area contributed by atoms with E-state index in [9.17, 15) is 14.4 Å². The maximum absolute atomic E-state index is 12.9. The first-order chi connectivity index (χ1) is 41.0. The Kier molecular flexibility index (Phi) is 65.8. The monoisotopic (exact) mass is 1150 g/mol. The molecule has 0 aliphatic carbocycles. The molecule has 0 amide bonds. The third-order valence-corrected chi connectivity index (χ3v) is 14.3. The average Bonchev–Trinajstić information content (AvgIpc) is 3.49. The summed E-state index contributed by atoms with van der Waals surface area (Å²) in [5, 5.41) is 0. The Bertz CT molecular complexity index is 1800. The van der Waals surface area contributed by atoms with Crippen molar-refractivity contribution in [2.24, 2.45) is 0 Å². The van der Waals surface area contributed by atoms with Gasteiger partial charge in [0, 0.05) is 19.3 Å². The van der Waals surface area contributed by atoms with Gasteiger partial charge in [-0.1, -0.05) is 308 Å². The van der Waals surface area contributed by atoms with Crippen molar-refractivity contribution in [3.63, 3.8) is 0 Å². The minimum atomic E-state index is -0.820. The summed E-state index contributed by atoms with van der Waals surface area (Å²) in [7, 11) is 0. The van der Waals surface area contributed by atoms with Gasteiger partial charge in [-0.3, -0.25) is 14.4 Å². The van der Waals surface area contributed by atoms with Gasteiger partial charge >= 0.3 is 17.9 Å². The molecule has 0 rings (SSSR count). The van der Waals surface area contributed by atoms with Crippen LogP contribution in [-0.4, -0.2) is 37.2 Å². The van der Waals surface area contributed by atoms with Crippen LogP contribution in [0.2, 0.25) is 0 Å².